The minimum absolute atomic E-state index is 0.00505. The standard InChI is InChI=1S/C13H16ClNOS/c1-13(2,3)12(16)15-8-9-17-11-6-4-10(14)5-7-11/h4-9H,1-3H3,(H,15,16)/b9-8-. The van der Waals surface area contributed by atoms with Crippen molar-refractivity contribution >= 4 is 29.3 Å². The molecule has 0 fully saturated rings. The monoisotopic (exact) mass is 269 g/mol. The summed E-state index contributed by atoms with van der Waals surface area (Å²) in [5.74, 6) is 0.00505. The lowest BCUT2D eigenvalue weighted by Gasteiger charge is -2.15. The summed E-state index contributed by atoms with van der Waals surface area (Å²) in [4.78, 5) is 12.6. The summed E-state index contributed by atoms with van der Waals surface area (Å²) in [5, 5.41) is 5.30. The molecule has 0 aliphatic carbocycles. The van der Waals surface area contributed by atoms with Gasteiger partial charge in [0, 0.05) is 21.5 Å². The molecule has 0 atom stereocenters. The zero-order valence-electron chi connectivity index (χ0n) is 10.2. The topological polar surface area (TPSA) is 29.1 Å². The van der Waals surface area contributed by atoms with E-state index in [4.69, 9.17) is 11.6 Å². The second-order valence-electron chi connectivity index (χ2n) is 4.60. The Morgan fingerprint density at radius 3 is 2.41 bits per heavy atom. The maximum absolute atomic E-state index is 11.5. The molecule has 1 aromatic carbocycles. The van der Waals surface area contributed by atoms with Crippen LogP contribution in [0.5, 0.6) is 0 Å². The number of nitrogens with one attached hydrogen (secondary N) is 1. The van der Waals surface area contributed by atoms with Crippen LogP contribution >= 0.6 is 23.4 Å². The van der Waals surface area contributed by atoms with E-state index in [-0.39, 0.29) is 11.3 Å². The molecule has 1 rings (SSSR count). The molecule has 1 N–H and O–H groups in total. The van der Waals surface area contributed by atoms with E-state index in [0.29, 0.717) is 0 Å². The van der Waals surface area contributed by atoms with Crippen molar-refractivity contribution in [2.75, 3.05) is 0 Å². The van der Waals surface area contributed by atoms with Gasteiger partial charge in [0.1, 0.15) is 0 Å². The van der Waals surface area contributed by atoms with E-state index in [1.165, 1.54) is 11.8 Å². The van der Waals surface area contributed by atoms with Crippen molar-refractivity contribution in [3.05, 3.63) is 40.9 Å². The average molecular weight is 270 g/mol. The van der Waals surface area contributed by atoms with Gasteiger partial charge in [-0.2, -0.15) is 0 Å². The summed E-state index contributed by atoms with van der Waals surface area (Å²) < 4.78 is 0. The smallest absolute Gasteiger partial charge is 0.229 e. The third-order valence-electron chi connectivity index (χ3n) is 1.98. The zero-order valence-corrected chi connectivity index (χ0v) is 11.7. The van der Waals surface area contributed by atoms with Crippen LogP contribution in [0.4, 0.5) is 0 Å². The molecule has 0 radical (unpaired) electrons. The fraction of sp³-hybridized carbons (Fsp3) is 0.308. The molecular weight excluding hydrogens is 254 g/mol. The van der Waals surface area contributed by atoms with Gasteiger partial charge in [0.25, 0.3) is 0 Å². The van der Waals surface area contributed by atoms with Crippen LogP contribution in [0.1, 0.15) is 20.8 Å². The number of thioether (sulfide) groups is 1. The Hall–Kier alpha value is -0.930. The predicted octanol–water partition coefficient (Wildman–Crippen LogP) is 4.07. The van der Waals surface area contributed by atoms with Crippen molar-refractivity contribution in [1.29, 1.82) is 0 Å². The Bertz CT molecular complexity index is 406. The van der Waals surface area contributed by atoms with Crippen molar-refractivity contribution in [2.45, 2.75) is 25.7 Å². The van der Waals surface area contributed by atoms with Gasteiger partial charge in [0.2, 0.25) is 5.91 Å². The molecule has 1 aromatic rings. The van der Waals surface area contributed by atoms with Crippen LogP contribution in [-0.2, 0) is 4.79 Å². The molecule has 0 aliphatic heterocycles. The van der Waals surface area contributed by atoms with Gasteiger partial charge < -0.3 is 5.32 Å². The summed E-state index contributed by atoms with van der Waals surface area (Å²) in [5.41, 5.74) is -0.366. The average Bonchev–Trinajstić information content (AvgIpc) is 2.25. The van der Waals surface area contributed by atoms with Crippen LogP contribution in [0.2, 0.25) is 5.02 Å². The lowest BCUT2D eigenvalue weighted by Crippen LogP contribution is -2.31. The van der Waals surface area contributed by atoms with E-state index in [9.17, 15) is 4.79 Å². The number of halogens is 1. The van der Waals surface area contributed by atoms with Crippen LogP contribution in [-0.4, -0.2) is 5.91 Å². The van der Waals surface area contributed by atoms with E-state index in [1.54, 1.807) is 6.20 Å². The molecule has 92 valence electrons. The first-order valence-corrected chi connectivity index (χ1v) is 6.53. The van der Waals surface area contributed by atoms with Crippen LogP contribution in [0.25, 0.3) is 0 Å². The fourth-order valence-electron chi connectivity index (χ4n) is 0.952. The summed E-state index contributed by atoms with van der Waals surface area (Å²) in [6.45, 7) is 5.63. The highest BCUT2D eigenvalue weighted by molar-refractivity contribution is 8.02. The molecule has 0 aromatic heterocycles. The summed E-state index contributed by atoms with van der Waals surface area (Å²) in [6, 6.07) is 7.54. The number of benzene rings is 1. The van der Waals surface area contributed by atoms with Crippen molar-refractivity contribution in [1.82, 2.24) is 5.32 Å². The normalized spacial score (nSPS) is 11.8. The number of carbonyl (C=O) groups is 1. The SMILES string of the molecule is CC(C)(C)C(=O)N/C=C\Sc1ccc(Cl)cc1. The number of hydrogen-bond donors (Lipinski definition) is 1. The van der Waals surface area contributed by atoms with E-state index in [1.807, 2.05) is 50.4 Å². The largest absolute Gasteiger partial charge is 0.332 e. The van der Waals surface area contributed by atoms with Crippen LogP contribution in [0.3, 0.4) is 0 Å². The van der Waals surface area contributed by atoms with Gasteiger partial charge in [-0.3, -0.25) is 4.79 Å². The van der Waals surface area contributed by atoms with Crippen molar-refractivity contribution < 1.29 is 4.79 Å². The second-order valence-corrected chi connectivity index (χ2v) is 6.01. The number of hydrogen-bond acceptors (Lipinski definition) is 2. The van der Waals surface area contributed by atoms with Crippen molar-refractivity contribution in [3.63, 3.8) is 0 Å². The molecule has 0 saturated heterocycles. The van der Waals surface area contributed by atoms with Crippen LogP contribution in [0.15, 0.2) is 40.8 Å². The lowest BCUT2D eigenvalue weighted by molar-refractivity contribution is -0.127. The Kier molecular flexibility index (Phi) is 5.09. The Morgan fingerprint density at radius 1 is 1.29 bits per heavy atom. The maximum Gasteiger partial charge on any atom is 0.229 e. The summed E-state index contributed by atoms with van der Waals surface area (Å²) in [7, 11) is 0. The highest BCUT2D eigenvalue weighted by Crippen LogP contribution is 2.21. The molecule has 0 bridgehead atoms. The third kappa shape index (κ3) is 5.29. The van der Waals surface area contributed by atoms with E-state index in [0.717, 1.165) is 9.92 Å². The number of rotatable bonds is 3. The molecular formula is C13H16ClNOS. The Labute approximate surface area is 111 Å². The van der Waals surface area contributed by atoms with Gasteiger partial charge in [-0.1, -0.05) is 44.1 Å². The lowest BCUT2D eigenvalue weighted by atomic mass is 9.96. The Morgan fingerprint density at radius 2 is 1.88 bits per heavy atom. The molecule has 0 saturated carbocycles. The predicted molar refractivity (Wildman–Crippen MR) is 74.0 cm³/mol. The van der Waals surface area contributed by atoms with E-state index < -0.39 is 0 Å². The maximum atomic E-state index is 11.5. The van der Waals surface area contributed by atoms with Crippen molar-refractivity contribution in [2.24, 2.45) is 5.41 Å². The summed E-state index contributed by atoms with van der Waals surface area (Å²) >= 11 is 7.31. The first-order valence-electron chi connectivity index (χ1n) is 5.28. The molecule has 0 heterocycles. The fourth-order valence-corrected chi connectivity index (χ4v) is 1.66. The zero-order chi connectivity index (χ0) is 12.9. The Balaban J connectivity index is 2.41. The quantitative estimate of drug-likeness (QED) is 0.839. The third-order valence-corrected chi connectivity index (χ3v) is 3.05. The number of carbonyl (C=O) groups excluding carboxylic acids is 1. The highest BCUT2D eigenvalue weighted by atomic mass is 35.5. The van der Waals surface area contributed by atoms with Gasteiger partial charge >= 0.3 is 0 Å². The van der Waals surface area contributed by atoms with Crippen molar-refractivity contribution in [3.8, 4) is 0 Å². The number of amides is 1. The first kappa shape index (κ1) is 14.1. The molecule has 0 spiro atoms. The molecule has 4 heteroatoms. The molecule has 2 nitrogen and oxygen atoms in total. The molecule has 0 aliphatic rings. The van der Waals surface area contributed by atoms with Gasteiger partial charge in [-0.05, 0) is 29.7 Å². The minimum Gasteiger partial charge on any atom is -0.332 e. The van der Waals surface area contributed by atoms with E-state index in [2.05, 4.69) is 5.32 Å². The first-order chi connectivity index (χ1) is 7.89. The van der Waals surface area contributed by atoms with Crippen LogP contribution in [0, 0.1) is 5.41 Å². The van der Waals surface area contributed by atoms with Gasteiger partial charge in [-0.15, -0.1) is 0 Å². The molecule has 0 unspecified atom stereocenters. The molecule has 1 amide bonds. The van der Waals surface area contributed by atoms with Gasteiger partial charge in [-0.25, -0.2) is 0 Å². The van der Waals surface area contributed by atoms with Gasteiger partial charge in [0.15, 0.2) is 0 Å². The second kappa shape index (κ2) is 6.12. The molecule has 17 heavy (non-hydrogen) atoms. The highest BCUT2D eigenvalue weighted by Gasteiger charge is 2.19. The van der Waals surface area contributed by atoms with Gasteiger partial charge in [0.05, 0.1) is 0 Å². The summed E-state index contributed by atoms with van der Waals surface area (Å²) in [6.07, 6.45) is 1.66. The van der Waals surface area contributed by atoms with Crippen LogP contribution < -0.4 is 5.32 Å². The minimum atomic E-state index is -0.366. The van der Waals surface area contributed by atoms with E-state index >= 15 is 0 Å².